The molecule has 1 unspecified atom stereocenters. The molecule has 158 valence electrons. The maximum Gasteiger partial charge on any atom is 0.265 e. The topological polar surface area (TPSA) is 75.7 Å². The van der Waals surface area contributed by atoms with Crippen LogP contribution in [0.5, 0.6) is 0 Å². The van der Waals surface area contributed by atoms with E-state index in [1.165, 1.54) is 0 Å². The zero-order chi connectivity index (χ0) is 22.2. The van der Waals surface area contributed by atoms with E-state index in [1.807, 2.05) is 60.7 Å². The van der Waals surface area contributed by atoms with Crippen LogP contribution in [0.3, 0.4) is 0 Å². The lowest BCUT2D eigenvalue weighted by Gasteiger charge is -2.13. The molecule has 2 aromatic carbocycles. The van der Waals surface area contributed by atoms with E-state index in [0.717, 1.165) is 33.3 Å². The third-order valence-corrected chi connectivity index (χ3v) is 6.92. The predicted octanol–water partition coefficient (Wildman–Crippen LogP) is 5.59. The van der Waals surface area contributed by atoms with Crippen molar-refractivity contribution in [3.05, 3.63) is 88.3 Å². The number of hydrogen-bond acceptors (Lipinski definition) is 4. The first-order chi connectivity index (χ1) is 15.5. The molecule has 3 aromatic heterocycles. The van der Waals surface area contributed by atoms with Gasteiger partial charge in [-0.1, -0.05) is 54.9 Å². The van der Waals surface area contributed by atoms with Gasteiger partial charge in [0.2, 0.25) is 0 Å². The first-order valence-electron chi connectivity index (χ1n) is 10.1. The van der Waals surface area contributed by atoms with Gasteiger partial charge < -0.3 is 4.98 Å². The van der Waals surface area contributed by atoms with E-state index >= 15 is 0 Å². The average molecular weight is 460 g/mol. The number of aromatic amines is 1. The summed E-state index contributed by atoms with van der Waals surface area (Å²) in [6.07, 6.45) is 1.71. The van der Waals surface area contributed by atoms with Gasteiger partial charge in [-0.3, -0.25) is 14.0 Å². The van der Waals surface area contributed by atoms with Crippen molar-refractivity contribution in [1.82, 2.24) is 15.0 Å². The smallest absolute Gasteiger partial charge is 0.265 e. The Morgan fingerprint density at radius 3 is 2.56 bits per heavy atom. The molecule has 0 amide bonds. The van der Waals surface area contributed by atoms with E-state index in [-0.39, 0.29) is 10.5 Å². The maximum atomic E-state index is 12.5. The molecule has 0 aliphatic heterocycles. The summed E-state index contributed by atoms with van der Waals surface area (Å²) in [4.78, 5) is 24.8. The number of aromatic nitrogens is 3. The Kier molecular flexibility index (Phi) is 5.33. The molecule has 0 saturated heterocycles. The molecule has 0 radical (unpaired) electrons. The number of nitrogens with one attached hydrogen (secondary N) is 1. The molecule has 0 bridgehead atoms. The van der Waals surface area contributed by atoms with E-state index in [2.05, 4.69) is 9.97 Å². The molecule has 0 saturated carbocycles. The van der Waals surface area contributed by atoms with E-state index in [0.29, 0.717) is 21.8 Å². The Balaban J connectivity index is 1.84. The second-order valence-corrected chi connectivity index (χ2v) is 9.43. The van der Waals surface area contributed by atoms with Gasteiger partial charge in [0.1, 0.15) is 10.5 Å². The minimum atomic E-state index is -1.37. The highest BCUT2D eigenvalue weighted by Crippen LogP contribution is 2.36. The summed E-state index contributed by atoms with van der Waals surface area (Å²) < 4.78 is 12.4. The third-order valence-electron chi connectivity index (χ3n) is 5.32. The summed E-state index contributed by atoms with van der Waals surface area (Å²) in [5, 5.41) is 2.17. The number of benzene rings is 2. The molecule has 32 heavy (non-hydrogen) atoms. The second kappa shape index (κ2) is 8.30. The normalized spacial score (nSPS) is 12.3. The van der Waals surface area contributed by atoms with Crippen LogP contribution in [0.4, 0.5) is 0 Å². The molecular formula is C25H18ClN3O2S. The van der Waals surface area contributed by atoms with E-state index < -0.39 is 10.8 Å². The van der Waals surface area contributed by atoms with Crippen molar-refractivity contribution in [3.63, 3.8) is 0 Å². The Labute approximate surface area is 191 Å². The number of nitrogens with zero attached hydrogens (tertiary/aromatic N) is 2. The van der Waals surface area contributed by atoms with Crippen molar-refractivity contribution in [2.75, 3.05) is 5.75 Å². The lowest BCUT2D eigenvalue weighted by atomic mass is 9.97. The summed E-state index contributed by atoms with van der Waals surface area (Å²) in [5.74, 6) is 0.365. The number of fused-ring (bicyclic) bond motifs is 2. The van der Waals surface area contributed by atoms with Crippen LogP contribution in [0.25, 0.3) is 44.3 Å². The van der Waals surface area contributed by atoms with Crippen LogP contribution in [-0.4, -0.2) is 24.9 Å². The van der Waals surface area contributed by atoms with Gasteiger partial charge >= 0.3 is 0 Å². The summed E-state index contributed by atoms with van der Waals surface area (Å²) in [6, 6.07) is 21.1. The lowest BCUT2D eigenvalue weighted by Crippen LogP contribution is -2.15. The monoisotopic (exact) mass is 459 g/mol. The number of halogens is 1. The highest BCUT2D eigenvalue weighted by Gasteiger charge is 2.16. The van der Waals surface area contributed by atoms with E-state index in [1.54, 1.807) is 19.2 Å². The van der Waals surface area contributed by atoms with Crippen LogP contribution >= 0.6 is 11.6 Å². The van der Waals surface area contributed by atoms with Gasteiger partial charge in [-0.25, -0.2) is 4.98 Å². The summed E-state index contributed by atoms with van der Waals surface area (Å²) >= 11 is 6.56. The van der Waals surface area contributed by atoms with Crippen LogP contribution < -0.4 is 5.56 Å². The number of H-pyrrole nitrogens is 1. The fourth-order valence-corrected chi connectivity index (χ4v) is 4.88. The van der Waals surface area contributed by atoms with Gasteiger partial charge in [-0.2, -0.15) is 0 Å². The lowest BCUT2D eigenvalue weighted by molar-refractivity contribution is 0.683. The third kappa shape index (κ3) is 3.61. The second-order valence-electron chi connectivity index (χ2n) is 7.32. The van der Waals surface area contributed by atoms with Crippen LogP contribution in [0.2, 0.25) is 5.02 Å². The zero-order valence-corrected chi connectivity index (χ0v) is 18.7. The Morgan fingerprint density at radius 2 is 1.78 bits per heavy atom. The fraction of sp³-hybridized carbons (Fsp3) is 0.0800. The van der Waals surface area contributed by atoms with Crippen molar-refractivity contribution in [2.45, 2.75) is 11.8 Å². The molecule has 3 heterocycles. The molecule has 1 N–H and O–H groups in total. The molecule has 5 nitrogen and oxygen atoms in total. The predicted molar refractivity (Wildman–Crippen MR) is 130 cm³/mol. The van der Waals surface area contributed by atoms with Gasteiger partial charge in [-0.15, -0.1) is 0 Å². The summed E-state index contributed by atoms with van der Waals surface area (Å²) in [7, 11) is -1.37. The average Bonchev–Trinajstić information content (AvgIpc) is 2.83. The van der Waals surface area contributed by atoms with Crippen molar-refractivity contribution in [3.8, 4) is 22.4 Å². The standard InChI is InChI=1S/C25H18ClN3O2S/c1-2-32(31)21-14-18-12-19(17-11-16-9-6-10-27-23(16)20(26)13-17)22(15-7-4-3-5-8-15)28-24(18)29-25(21)30/h3-14H,2H2,1H3,(H,28,29,30). The first kappa shape index (κ1) is 20.5. The van der Waals surface area contributed by atoms with Crippen LogP contribution in [0.15, 0.2) is 82.6 Å². The Hall–Kier alpha value is -3.35. The molecule has 7 heteroatoms. The maximum absolute atomic E-state index is 12.5. The molecular weight excluding hydrogens is 442 g/mol. The SMILES string of the molecule is CCS(=O)c1cc2cc(-c3cc(Cl)c4ncccc4c3)c(-c3ccccc3)nc2[nH]c1=O. The van der Waals surface area contributed by atoms with Crippen LogP contribution in [-0.2, 0) is 10.8 Å². The van der Waals surface area contributed by atoms with E-state index in [9.17, 15) is 9.00 Å². The van der Waals surface area contributed by atoms with Gasteiger partial charge in [0.05, 0.1) is 27.0 Å². The molecule has 0 fully saturated rings. The summed E-state index contributed by atoms with van der Waals surface area (Å²) in [6.45, 7) is 1.78. The minimum Gasteiger partial charge on any atom is -0.306 e. The largest absolute Gasteiger partial charge is 0.306 e. The number of rotatable bonds is 4. The Bertz CT molecular complexity index is 1570. The molecule has 0 aliphatic carbocycles. The van der Waals surface area contributed by atoms with Crippen molar-refractivity contribution in [2.24, 2.45) is 0 Å². The summed E-state index contributed by atoms with van der Waals surface area (Å²) in [5.41, 5.74) is 4.17. The highest BCUT2D eigenvalue weighted by atomic mass is 35.5. The van der Waals surface area contributed by atoms with Crippen molar-refractivity contribution < 1.29 is 4.21 Å². The van der Waals surface area contributed by atoms with Gasteiger partial charge in [0.15, 0.2) is 0 Å². The Morgan fingerprint density at radius 1 is 0.969 bits per heavy atom. The molecule has 0 aliphatic rings. The van der Waals surface area contributed by atoms with Crippen molar-refractivity contribution in [1.29, 1.82) is 0 Å². The fourth-order valence-electron chi connectivity index (χ4n) is 3.78. The van der Waals surface area contributed by atoms with Crippen LogP contribution in [0, 0.1) is 0 Å². The van der Waals surface area contributed by atoms with Gasteiger partial charge in [0, 0.05) is 33.8 Å². The minimum absolute atomic E-state index is 0.251. The molecule has 5 aromatic rings. The number of hydrogen-bond donors (Lipinski definition) is 1. The van der Waals surface area contributed by atoms with Gasteiger partial charge in [-0.05, 0) is 35.9 Å². The van der Waals surface area contributed by atoms with Gasteiger partial charge in [0.25, 0.3) is 5.56 Å². The van der Waals surface area contributed by atoms with Crippen molar-refractivity contribution >= 4 is 44.3 Å². The molecule has 1 atom stereocenters. The van der Waals surface area contributed by atoms with Crippen LogP contribution in [0.1, 0.15) is 6.92 Å². The highest BCUT2D eigenvalue weighted by molar-refractivity contribution is 7.85. The molecule has 0 spiro atoms. The zero-order valence-electron chi connectivity index (χ0n) is 17.1. The van der Waals surface area contributed by atoms with E-state index in [4.69, 9.17) is 16.6 Å². The molecule has 5 rings (SSSR count). The first-order valence-corrected chi connectivity index (χ1v) is 11.8. The quantitative estimate of drug-likeness (QED) is 0.380. The number of pyridine rings is 3.